The van der Waals surface area contributed by atoms with Crippen LogP contribution in [0.15, 0.2) is 42.5 Å². The highest BCUT2D eigenvalue weighted by Gasteiger charge is 2.43. The maximum absolute atomic E-state index is 12.6. The van der Waals surface area contributed by atoms with Crippen LogP contribution in [-0.4, -0.2) is 91.3 Å². The van der Waals surface area contributed by atoms with Crippen molar-refractivity contribution in [2.45, 2.75) is 131 Å². The van der Waals surface area contributed by atoms with E-state index in [0.29, 0.717) is 37.7 Å². The van der Waals surface area contributed by atoms with E-state index in [1.165, 1.54) is 0 Å². The molecule has 2 rings (SSSR count). The number of esters is 1. The molecule has 0 spiro atoms. The molecule has 1 amide bonds. The molecule has 1 aromatic rings. The van der Waals surface area contributed by atoms with E-state index < -0.39 is 26.2 Å². The maximum Gasteiger partial charge on any atom is 0.414 e. The van der Waals surface area contributed by atoms with Crippen LogP contribution in [0.4, 0.5) is 10.5 Å². The first-order chi connectivity index (χ1) is 23.2. The van der Waals surface area contributed by atoms with Crippen molar-refractivity contribution < 1.29 is 32.2 Å². The van der Waals surface area contributed by atoms with Gasteiger partial charge < -0.3 is 18.9 Å². The van der Waals surface area contributed by atoms with Gasteiger partial charge in [0.05, 0.1) is 31.0 Å². The number of hydrogen-bond acceptors (Lipinski definition) is 7. The van der Waals surface area contributed by atoms with E-state index in [1.807, 2.05) is 44.2 Å². The molecule has 0 radical (unpaired) electrons. The molecule has 2 unspecified atom stereocenters. The van der Waals surface area contributed by atoms with Gasteiger partial charge in [-0.3, -0.25) is 8.53 Å². The summed E-state index contributed by atoms with van der Waals surface area (Å²) in [6.45, 7) is 25.9. The van der Waals surface area contributed by atoms with Crippen molar-refractivity contribution in [3.63, 3.8) is 0 Å². The Morgan fingerprint density at radius 2 is 1.49 bits per heavy atom. The molecule has 1 aliphatic heterocycles. The molecule has 0 N–H and O–H groups in total. The third-order valence-electron chi connectivity index (χ3n) is 9.45. The zero-order valence-corrected chi connectivity index (χ0v) is 36.3. The fourth-order valence-electron chi connectivity index (χ4n) is 6.32. The van der Waals surface area contributed by atoms with Gasteiger partial charge >= 0.3 is 12.1 Å². The van der Waals surface area contributed by atoms with E-state index in [4.69, 9.17) is 22.6 Å². The number of rotatable bonds is 23. The molecule has 0 aliphatic carbocycles. The molecule has 51 heavy (non-hydrogen) atoms. The van der Waals surface area contributed by atoms with Gasteiger partial charge in [-0.1, -0.05) is 52.0 Å². The van der Waals surface area contributed by atoms with Crippen LogP contribution in [0, 0.1) is 11.3 Å². The minimum atomic E-state index is -1.21. The average molecular weight is 756 g/mol. The van der Waals surface area contributed by atoms with Crippen LogP contribution >= 0.6 is 20.6 Å². The van der Waals surface area contributed by atoms with Crippen LogP contribution < -0.4 is 4.90 Å². The van der Waals surface area contributed by atoms with Crippen LogP contribution in [0.2, 0.25) is 0 Å². The Bertz CT molecular complexity index is 1280. The first-order valence-corrected chi connectivity index (χ1v) is 23.7. The molecule has 8 nitrogen and oxygen atoms in total. The highest BCUT2D eigenvalue weighted by atomic mass is 32.3. The Labute approximate surface area is 315 Å². The van der Waals surface area contributed by atoms with Gasteiger partial charge in [0.2, 0.25) is 0 Å². The number of amides is 1. The highest BCUT2D eigenvalue weighted by Crippen LogP contribution is 2.59. The molecule has 1 aliphatic rings. The molecule has 0 bridgehead atoms. The lowest BCUT2D eigenvalue weighted by Crippen LogP contribution is -2.40. The second-order valence-corrected chi connectivity index (χ2v) is 25.1. The molecule has 1 fully saturated rings. The molecule has 0 saturated carbocycles. The number of ether oxygens (including phenoxy) is 4. The Balaban J connectivity index is 1.72. The predicted molar refractivity (Wildman–Crippen MR) is 219 cm³/mol. The summed E-state index contributed by atoms with van der Waals surface area (Å²) in [5.74, 6) is 2.33. The van der Waals surface area contributed by atoms with E-state index in [0.717, 1.165) is 49.3 Å². The summed E-state index contributed by atoms with van der Waals surface area (Å²) in [4.78, 5) is 26.3. The van der Waals surface area contributed by atoms with Crippen molar-refractivity contribution in [2.24, 2.45) is 11.3 Å². The zero-order valence-electron chi connectivity index (χ0n) is 34.6. The fraction of sp³-hybridized carbons (Fsp3) is 0.756. The van der Waals surface area contributed by atoms with Crippen molar-refractivity contribution in [3.05, 3.63) is 42.5 Å². The van der Waals surface area contributed by atoms with Gasteiger partial charge in [0, 0.05) is 28.8 Å². The molecule has 0 aromatic heterocycles. The Morgan fingerprint density at radius 1 is 0.902 bits per heavy atom. The SMILES string of the molecule is C=C(C)C(=O)OC(C)(C)CCOC(C)(C)CCCS(C)(C)OS(C)(C)CC(C)CCCC(C)(C)OCC(C)(C)C1CN(c2ccccc2)C(=O)O1. The summed E-state index contributed by atoms with van der Waals surface area (Å²) in [6.07, 6.45) is 14.5. The lowest BCUT2D eigenvalue weighted by molar-refractivity contribution is -0.154. The van der Waals surface area contributed by atoms with Crippen molar-refractivity contribution in [1.29, 1.82) is 0 Å². The number of hydrogen-bond donors (Lipinski definition) is 0. The Hall–Kier alpha value is -1.72. The van der Waals surface area contributed by atoms with E-state index in [1.54, 1.807) is 11.8 Å². The van der Waals surface area contributed by atoms with Gasteiger partial charge in [0.15, 0.2) is 0 Å². The number of anilines is 1. The molecule has 1 saturated heterocycles. The summed E-state index contributed by atoms with van der Waals surface area (Å²) >= 11 is 0. The van der Waals surface area contributed by atoms with Crippen LogP contribution in [0.5, 0.6) is 0 Å². The van der Waals surface area contributed by atoms with Crippen molar-refractivity contribution in [2.75, 3.05) is 61.2 Å². The molecule has 2 atom stereocenters. The van der Waals surface area contributed by atoms with Gasteiger partial charge in [-0.25, -0.2) is 9.59 Å². The topological polar surface area (TPSA) is 83.5 Å². The molecule has 1 aromatic carbocycles. The summed E-state index contributed by atoms with van der Waals surface area (Å²) in [5.41, 5.74) is -0.174. The lowest BCUT2D eigenvalue weighted by Gasteiger charge is -2.44. The quantitative estimate of drug-likeness (QED) is 0.0812. The number of carbonyl (C=O) groups excluding carboxylic acids is 2. The van der Waals surface area contributed by atoms with Crippen LogP contribution in [-0.2, 0) is 27.4 Å². The van der Waals surface area contributed by atoms with Crippen LogP contribution in [0.1, 0.15) is 108 Å². The fourth-order valence-corrected chi connectivity index (χ4v) is 13.2. The van der Waals surface area contributed by atoms with Crippen molar-refractivity contribution in [1.82, 2.24) is 0 Å². The first-order valence-electron chi connectivity index (χ1n) is 18.6. The monoisotopic (exact) mass is 755 g/mol. The summed E-state index contributed by atoms with van der Waals surface area (Å²) in [6, 6.07) is 9.69. The smallest absolute Gasteiger partial charge is 0.414 e. The normalized spacial score (nSPS) is 17.6. The van der Waals surface area contributed by atoms with Gasteiger partial charge in [0.25, 0.3) is 0 Å². The van der Waals surface area contributed by atoms with E-state index in [-0.39, 0.29) is 34.8 Å². The Morgan fingerprint density at radius 3 is 2.10 bits per heavy atom. The van der Waals surface area contributed by atoms with Crippen LogP contribution in [0.3, 0.4) is 0 Å². The molecule has 1 heterocycles. The van der Waals surface area contributed by atoms with Crippen molar-refractivity contribution >= 4 is 38.4 Å². The standard InChI is InChI=1S/C41H73NO7S2/c1-32(2)36(43)48-41(10,11)26-27-45-39(6,7)25-20-28-50(12,13)49-51(14,15)30-33(3)21-19-24-40(8,9)46-31-38(4,5)35-29-42(37(44)47-35)34-22-17-16-18-23-34/h16-18,22-23,33,35H,1,19-21,24-31H2,2-15H3. The maximum atomic E-state index is 12.6. The molecular formula is C41H73NO7S2. The minimum Gasteiger partial charge on any atom is -0.456 e. The van der Waals surface area contributed by atoms with Crippen LogP contribution in [0.25, 0.3) is 0 Å². The number of para-hydroxylation sites is 1. The van der Waals surface area contributed by atoms with Gasteiger partial charge in [-0.15, -0.1) is 20.6 Å². The number of nitrogens with zero attached hydrogens (tertiary/aromatic N) is 1. The Kier molecular flexibility index (Phi) is 16.5. The van der Waals surface area contributed by atoms with E-state index >= 15 is 0 Å². The minimum absolute atomic E-state index is 0.235. The molecule has 10 heteroatoms. The first kappa shape index (κ1) is 45.4. The summed E-state index contributed by atoms with van der Waals surface area (Å²) in [7, 11) is -2.41. The van der Waals surface area contributed by atoms with Crippen molar-refractivity contribution in [3.8, 4) is 0 Å². The molecule has 296 valence electrons. The third-order valence-corrected chi connectivity index (χ3v) is 15.0. The number of benzene rings is 1. The van der Waals surface area contributed by atoms with E-state index in [9.17, 15) is 9.59 Å². The highest BCUT2D eigenvalue weighted by molar-refractivity contribution is 8.40. The van der Waals surface area contributed by atoms with Gasteiger partial charge in [-0.05, 0) is 123 Å². The zero-order chi connectivity index (χ0) is 38.9. The average Bonchev–Trinajstić information content (AvgIpc) is 3.37. The third kappa shape index (κ3) is 16.9. The largest absolute Gasteiger partial charge is 0.456 e. The van der Waals surface area contributed by atoms with E-state index in [2.05, 4.69) is 80.1 Å². The lowest BCUT2D eigenvalue weighted by atomic mass is 9.86. The molecular weight excluding hydrogens is 683 g/mol. The number of cyclic esters (lactones) is 1. The predicted octanol–water partition coefficient (Wildman–Crippen LogP) is 10.5. The van der Waals surface area contributed by atoms with Gasteiger partial charge in [-0.2, -0.15) is 0 Å². The summed E-state index contributed by atoms with van der Waals surface area (Å²) in [5, 5.41) is 0. The second kappa shape index (κ2) is 18.5. The van der Waals surface area contributed by atoms with Gasteiger partial charge in [0.1, 0.15) is 11.7 Å². The number of carbonyl (C=O) groups is 2. The second-order valence-electron chi connectivity index (χ2n) is 18.1. The summed E-state index contributed by atoms with van der Waals surface area (Å²) < 4.78 is 31.0.